The number of rotatable bonds is 2. The normalized spacial score (nSPS) is 16.1. The van der Waals surface area contributed by atoms with Crippen LogP contribution >= 0.6 is 0 Å². The lowest BCUT2D eigenvalue weighted by Gasteiger charge is -2.26. The highest BCUT2D eigenvalue weighted by atomic mass is 16.5. The van der Waals surface area contributed by atoms with Gasteiger partial charge in [-0.2, -0.15) is 15.0 Å². The van der Waals surface area contributed by atoms with Crippen molar-refractivity contribution in [1.82, 2.24) is 9.78 Å². The Morgan fingerprint density at radius 1 is 1.08 bits per heavy atom. The van der Waals surface area contributed by atoms with Crippen molar-refractivity contribution in [3.05, 3.63) is 88.9 Å². The third-order valence-corrected chi connectivity index (χ3v) is 4.43. The number of hydrogen-bond donors (Lipinski definition) is 1. The summed E-state index contributed by atoms with van der Waals surface area (Å²) in [6.07, 6.45) is 0. The van der Waals surface area contributed by atoms with E-state index in [0.717, 1.165) is 22.4 Å². The van der Waals surface area contributed by atoms with E-state index in [1.54, 1.807) is 4.68 Å². The molecule has 1 atom stereocenters. The maximum atomic E-state index is 9.64. The van der Waals surface area contributed by atoms with Gasteiger partial charge in [0.2, 0.25) is 5.88 Å². The van der Waals surface area contributed by atoms with E-state index in [2.05, 4.69) is 11.2 Å². The van der Waals surface area contributed by atoms with Gasteiger partial charge in [0.05, 0.1) is 11.3 Å². The maximum absolute atomic E-state index is 9.64. The van der Waals surface area contributed by atoms with Crippen molar-refractivity contribution in [2.75, 3.05) is 0 Å². The summed E-state index contributed by atoms with van der Waals surface area (Å²) < 4.78 is 7.51. The molecule has 0 saturated carbocycles. The first-order chi connectivity index (χ1) is 12.2. The Kier molecular flexibility index (Phi) is 3.51. The zero-order valence-corrected chi connectivity index (χ0v) is 13.7. The number of aromatic nitrogens is 2. The molecule has 3 aromatic rings. The topological polar surface area (TPSA) is 76.9 Å². The van der Waals surface area contributed by atoms with Crippen molar-refractivity contribution in [2.45, 2.75) is 12.8 Å². The predicted octanol–water partition coefficient (Wildman–Crippen LogP) is 3.46. The number of ether oxygens (including phenoxy) is 1. The fraction of sp³-hybridized carbons (Fsp3) is 0.100. The number of para-hydroxylation sites is 1. The molecular weight excluding hydrogens is 312 g/mol. The van der Waals surface area contributed by atoms with Crippen LogP contribution in [0.2, 0.25) is 0 Å². The Labute approximate surface area is 145 Å². The molecule has 2 heterocycles. The Balaban J connectivity index is 1.98. The summed E-state index contributed by atoms with van der Waals surface area (Å²) in [5.41, 5.74) is 10.0. The number of allylic oxidation sites excluding steroid dienone is 1. The third-order valence-electron chi connectivity index (χ3n) is 4.43. The average molecular weight is 328 g/mol. The summed E-state index contributed by atoms with van der Waals surface area (Å²) in [5, 5.41) is 14.1. The second-order valence-electron chi connectivity index (χ2n) is 5.92. The quantitative estimate of drug-likeness (QED) is 0.781. The zero-order chi connectivity index (χ0) is 17.4. The van der Waals surface area contributed by atoms with E-state index in [1.807, 2.05) is 67.6 Å². The van der Waals surface area contributed by atoms with Gasteiger partial charge in [0.15, 0.2) is 11.6 Å². The number of nitrogens with zero attached hydrogens (tertiary/aromatic N) is 3. The standard InChI is InChI=1S/C20H16N4O/c1-13-17(14-8-4-2-5-9-14)18-16(12-21)23-24(20(18)25-19(13)22)15-10-6-3-7-11-15/h2-11,17H,22H2,1H3/t17-/m0/s1. The zero-order valence-electron chi connectivity index (χ0n) is 13.7. The Hall–Kier alpha value is -3.52. The Bertz CT molecular complexity index is 997. The molecule has 0 aliphatic carbocycles. The molecule has 25 heavy (non-hydrogen) atoms. The molecule has 2 aromatic carbocycles. The SMILES string of the molecule is CC1=C(N)Oc2c(c(C#N)nn2-c2ccccc2)[C@@H]1c1ccccc1. The van der Waals surface area contributed by atoms with Crippen molar-refractivity contribution in [3.63, 3.8) is 0 Å². The number of nitrogens with two attached hydrogens (primary N) is 1. The van der Waals surface area contributed by atoms with Crippen LogP contribution in [0.3, 0.4) is 0 Å². The van der Waals surface area contributed by atoms with Gasteiger partial charge in [-0.25, -0.2) is 0 Å². The van der Waals surface area contributed by atoms with Crippen LogP contribution in [-0.4, -0.2) is 9.78 Å². The number of nitriles is 1. The molecule has 4 rings (SSSR count). The van der Waals surface area contributed by atoms with Crippen LogP contribution in [0.1, 0.15) is 29.7 Å². The number of hydrogen-bond acceptors (Lipinski definition) is 4. The molecule has 5 heteroatoms. The average Bonchev–Trinajstić information content (AvgIpc) is 3.02. The van der Waals surface area contributed by atoms with Crippen LogP contribution < -0.4 is 10.5 Å². The first-order valence-corrected chi connectivity index (χ1v) is 7.98. The second kappa shape index (κ2) is 5.84. The summed E-state index contributed by atoms with van der Waals surface area (Å²) >= 11 is 0. The molecule has 0 spiro atoms. The minimum Gasteiger partial charge on any atom is -0.423 e. The molecule has 0 unspecified atom stereocenters. The van der Waals surface area contributed by atoms with Gasteiger partial charge in [-0.3, -0.25) is 0 Å². The summed E-state index contributed by atoms with van der Waals surface area (Å²) in [7, 11) is 0. The first-order valence-electron chi connectivity index (χ1n) is 7.98. The van der Waals surface area contributed by atoms with Crippen LogP contribution in [0.15, 0.2) is 72.1 Å². The highest BCUT2D eigenvalue weighted by molar-refractivity contribution is 5.56. The highest BCUT2D eigenvalue weighted by Gasteiger charge is 2.35. The lowest BCUT2D eigenvalue weighted by Crippen LogP contribution is -2.21. The molecule has 0 bridgehead atoms. The van der Waals surface area contributed by atoms with E-state index >= 15 is 0 Å². The van der Waals surface area contributed by atoms with E-state index in [-0.39, 0.29) is 5.92 Å². The Morgan fingerprint density at radius 3 is 2.36 bits per heavy atom. The van der Waals surface area contributed by atoms with E-state index < -0.39 is 0 Å². The van der Waals surface area contributed by atoms with Gasteiger partial charge < -0.3 is 10.5 Å². The van der Waals surface area contributed by atoms with Gasteiger partial charge >= 0.3 is 0 Å². The monoisotopic (exact) mass is 328 g/mol. The number of fused-ring (bicyclic) bond motifs is 1. The third kappa shape index (κ3) is 2.36. The lowest BCUT2D eigenvalue weighted by atomic mass is 9.84. The van der Waals surface area contributed by atoms with Crippen LogP contribution in [0.4, 0.5) is 0 Å². The van der Waals surface area contributed by atoms with Gasteiger partial charge in [-0.1, -0.05) is 48.5 Å². The van der Waals surface area contributed by atoms with Crippen molar-refractivity contribution in [1.29, 1.82) is 5.26 Å². The molecule has 1 aliphatic rings. The van der Waals surface area contributed by atoms with Crippen molar-refractivity contribution >= 4 is 0 Å². The number of benzene rings is 2. The van der Waals surface area contributed by atoms with Crippen LogP contribution in [0.25, 0.3) is 5.69 Å². The molecule has 5 nitrogen and oxygen atoms in total. The largest absolute Gasteiger partial charge is 0.423 e. The van der Waals surface area contributed by atoms with Gasteiger partial charge in [-0.05, 0) is 30.2 Å². The van der Waals surface area contributed by atoms with Crippen LogP contribution in [0, 0.1) is 11.3 Å². The van der Waals surface area contributed by atoms with Gasteiger partial charge in [0.25, 0.3) is 0 Å². The summed E-state index contributed by atoms with van der Waals surface area (Å²) in [6, 6.07) is 21.7. The first kappa shape index (κ1) is 15.0. The molecule has 0 fully saturated rings. The fourth-order valence-electron chi connectivity index (χ4n) is 3.21. The van der Waals surface area contributed by atoms with Gasteiger partial charge in [0, 0.05) is 5.92 Å². The van der Waals surface area contributed by atoms with Crippen LogP contribution in [0.5, 0.6) is 5.88 Å². The van der Waals surface area contributed by atoms with Crippen molar-refractivity contribution in [3.8, 4) is 17.6 Å². The van der Waals surface area contributed by atoms with Crippen molar-refractivity contribution in [2.24, 2.45) is 5.73 Å². The molecule has 1 aromatic heterocycles. The van der Waals surface area contributed by atoms with Crippen LogP contribution in [-0.2, 0) is 0 Å². The summed E-state index contributed by atoms with van der Waals surface area (Å²) in [6.45, 7) is 1.93. The van der Waals surface area contributed by atoms with Crippen molar-refractivity contribution < 1.29 is 4.74 Å². The summed E-state index contributed by atoms with van der Waals surface area (Å²) in [5.74, 6) is 0.694. The van der Waals surface area contributed by atoms with Gasteiger partial charge in [-0.15, -0.1) is 0 Å². The molecule has 0 amide bonds. The maximum Gasteiger partial charge on any atom is 0.230 e. The van der Waals surface area contributed by atoms with E-state index in [0.29, 0.717) is 17.5 Å². The molecular formula is C20H16N4O. The lowest BCUT2D eigenvalue weighted by molar-refractivity contribution is 0.364. The van der Waals surface area contributed by atoms with E-state index in [9.17, 15) is 5.26 Å². The predicted molar refractivity (Wildman–Crippen MR) is 94.1 cm³/mol. The smallest absolute Gasteiger partial charge is 0.230 e. The van der Waals surface area contributed by atoms with E-state index in [4.69, 9.17) is 10.5 Å². The van der Waals surface area contributed by atoms with E-state index in [1.165, 1.54) is 0 Å². The molecule has 2 N–H and O–H groups in total. The minimum absolute atomic E-state index is 0.155. The molecule has 1 aliphatic heterocycles. The fourth-order valence-corrected chi connectivity index (χ4v) is 3.21. The molecule has 122 valence electrons. The van der Waals surface area contributed by atoms with Gasteiger partial charge in [0.1, 0.15) is 6.07 Å². The Morgan fingerprint density at radius 2 is 1.72 bits per heavy atom. The minimum atomic E-state index is -0.155. The second-order valence-corrected chi connectivity index (χ2v) is 5.92. The molecule has 0 radical (unpaired) electrons. The summed E-state index contributed by atoms with van der Waals surface area (Å²) in [4.78, 5) is 0. The highest BCUT2D eigenvalue weighted by Crippen LogP contribution is 2.44. The molecule has 0 saturated heterocycles.